The largest absolute Gasteiger partial charge is 0.393 e. The summed E-state index contributed by atoms with van der Waals surface area (Å²) < 4.78 is 5.36. The topological polar surface area (TPSA) is 75.3 Å². The Hall–Kier alpha value is -2.73. The Bertz CT molecular complexity index is 793. The minimum Gasteiger partial charge on any atom is -0.393 e. The van der Waals surface area contributed by atoms with Crippen LogP contribution in [0.1, 0.15) is 12.8 Å². The molecule has 2 aromatic heterocycles. The Labute approximate surface area is 139 Å². The highest BCUT2D eigenvalue weighted by atomic mass is 16.5. The summed E-state index contributed by atoms with van der Waals surface area (Å²) in [5.41, 5.74) is 1.72. The van der Waals surface area contributed by atoms with Crippen LogP contribution in [0.2, 0.25) is 0 Å². The number of hydrogen-bond donors (Lipinski definition) is 1. The molecule has 1 N–H and O–H groups in total. The van der Waals surface area contributed by atoms with Gasteiger partial charge in [0.15, 0.2) is 0 Å². The van der Waals surface area contributed by atoms with Gasteiger partial charge in [0, 0.05) is 24.8 Å². The van der Waals surface area contributed by atoms with Gasteiger partial charge in [0.2, 0.25) is 5.82 Å². The highest BCUT2D eigenvalue weighted by Crippen LogP contribution is 2.24. The summed E-state index contributed by atoms with van der Waals surface area (Å²) in [6.07, 6.45) is 3.14. The fraction of sp³-hybridized carbons (Fsp3) is 0.278. The number of aromatic nitrogens is 3. The molecule has 1 aliphatic rings. The number of benzene rings is 1. The van der Waals surface area contributed by atoms with E-state index in [0.29, 0.717) is 11.7 Å². The zero-order chi connectivity index (χ0) is 16.4. The molecule has 6 nitrogen and oxygen atoms in total. The molecule has 0 unspecified atom stereocenters. The van der Waals surface area contributed by atoms with Crippen molar-refractivity contribution in [1.29, 1.82) is 0 Å². The Balaban J connectivity index is 1.52. The third kappa shape index (κ3) is 3.00. The van der Waals surface area contributed by atoms with Gasteiger partial charge >= 0.3 is 0 Å². The lowest BCUT2D eigenvalue weighted by Gasteiger charge is -2.30. The van der Waals surface area contributed by atoms with Crippen LogP contribution >= 0.6 is 0 Å². The molecule has 4 rings (SSSR count). The van der Waals surface area contributed by atoms with Crippen molar-refractivity contribution < 1.29 is 9.63 Å². The first-order valence-corrected chi connectivity index (χ1v) is 8.08. The third-order valence-electron chi connectivity index (χ3n) is 4.24. The number of pyridine rings is 1. The summed E-state index contributed by atoms with van der Waals surface area (Å²) in [7, 11) is 0. The zero-order valence-corrected chi connectivity index (χ0v) is 13.2. The molecule has 1 aromatic carbocycles. The molecule has 1 saturated heterocycles. The minimum absolute atomic E-state index is 0.185. The van der Waals surface area contributed by atoms with Gasteiger partial charge in [0.25, 0.3) is 5.89 Å². The van der Waals surface area contributed by atoms with Gasteiger partial charge in [-0.25, -0.2) is 4.98 Å². The summed E-state index contributed by atoms with van der Waals surface area (Å²) in [5.74, 6) is 1.94. The molecule has 1 aliphatic heterocycles. The second-order valence-electron chi connectivity index (χ2n) is 5.91. The van der Waals surface area contributed by atoms with Crippen LogP contribution in [0.25, 0.3) is 22.8 Å². The van der Waals surface area contributed by atoms with Gasteiger partial charge in [-0.15, -0.1) is 0 Å². The van der Waals surface area contributed by atoms with Crippen LogP contribution in [0.5, 0.6) is 0 Å². The smallest absolute Gasteiger partial charge is 0.259 e. The molecule has 122 valence electrons. The Morgan fingerprint density at radius 1 is 1.00 bits per heavy atom. The zero-order valence-electron chi connectivity index (χ0n) is 13.2. The molecule has 0 aliphatic carbocycles. The Kier molecular flexibility index (Phi) is 3.96. The van der Waals surface area contributed by atoms with Gasteiger partial charge in [-0.05, 0) is 25.0 Å². The third-order valence-corrected chi connectivity index (χ3v) is 4.24. The molecule has 0 spiro atoms. The highest BCUT2D eigenvalue weighted by molar-refractivity contribution is 5.60. The molecule has 24 heavy (non-hydrogen) atoms. The predicted octanol–water partition coefficient (Wildman–Crippen LogP) is 2.76. The van der Waals surface area contributed by atoms with Gasteiger partial charge in [0.1, 0.15) is 5.82 Å². The normalized spacial score (nSPS) is 15.6. The SMILES string of the molecule is OC1CCN(c2ccc(-c3nc(-c4ccccc4)no3)cn2)CC1. The lowest BCUT2D eigenvalue weighted by molar-refractivity contribution is 0.145. The van der Waals surface area contributed by atoms with Crippen LogP contribution in [-0.2, 0) is 0 Å². The quantitative estimate of drug-likeness (QED) is 0.799. The van der Waals surface area contributed by atoms with Crippen LogP contribution in [0.3, 0.4) is 0 Å². The van der Waals surface area contributed by atoms with E-state index in [-0.39, 0.29) is 6.10 Å². The highest BCUT2D eigenvalue weighted by Gasteiger charge is 2.18. The maximum absolute atomic E-state index is 9.59. The lowest BCUT2D eigenvalue weighted by Crippen LogP contribution is -2.36. The molecule has 6 heteroatoms. The van der Waals surface area contributed by atoms with Crippen molar-refractivity contribution in [3.05, 3.63) is 48.7 Å². The maximum atomic E-state index is 9.59. The summed E-state index contributed by atoms with van der Waals surface area (Å²) >= 11 is 0. The molecular weight excluding hydrogens is 304 g/mol. The number of aliphatic hydroxyl groups excluding tert-OH is 1. The van der Waals surface area contributed by atoms with E-state index in [2.05, 4.69) is 20.0 Å². The number of piperidine rings is 1. The van der Waals surface area contributed by atoms with Crippen LogP contribution < -0.4 is 4.90 Å². The first kappa shape index (κ1) is 14.8. The molecule has 1 fully saturated rings. The average Bonchev–Trinajstić information content (AvgIpc) is 3.13. The maximum Gasteiger partial charge on any atom is 0.259 e. The second kappa shape index (κ2) is 6.41. The molecule has 0 amide bonds. The van der Waals surface area contributed by atoms with Crippen molar-refractivity contribution in [3.8, 4) is 22.8 Å². The lowest BCUT2D eigenvalue weighted by atomic mass is 10.1. The number of rotatable bonds is 3. The van der Waals surface area contributed by atoms with Crippen molar-refractivity contribution in [1.82, 2.24) is 15.1 Å². The van der Waals surface area contributed by atoms with E-state index < -0.39 is 0 Å². The van der Waals surface area contributed by atoms with Crippen LogP contribution in [0.4, 0.5) is 5.82 Å². The fourth-order valence-corrected chi connectivity index (χ4v) is 2.84. The molecule has 0 bridgehead atoms. The molecule has 0 saturated carbocycles. The van der Waals surface area contributed by atoms with Crippen LogP contribution in [-0.4, -0.2) is 39.4 Å². The number of nitrogens with zero attached hydrogens (tertiary/aromatic N) is 4. The van der Waals surface area contributed by atoms with E-state index in [1.807, 2.05) is 42.5 Å². The van der Waals surface area contributed by atoms with Crippen LogP contribution in [0, 0.1) is 0 Å². The summed E-state index contributed by atoms with van der Waals surface area (Å²) in [6.45, 7) is 1.65. The van der Waals surface area contributed by atoms with Crippen molar-refractivity contribution in [2.24, 2.45) is 0 Å². The summed E-state index contributed by atoms with van der Waals surface area (Å²) in [4.78, 5) is 11.1. The summed E-state index contributed by atoms with van der Waals surface area (Å²) in [6, 6.07) is 13.6. The minimum atomic E-state index is -0.185. The molecular formula is C18H18N4O2. The number of hydrogen-bond acceptors (Lipinski definition) is 6. The molecule has 0 radical (unpaired) electrons. The van der Waals surface area contributed by atoms with Crippen LogP contribution in [0.15, 0.2) is 53.2 Å². The Morgan fingerprint density at radius 2 is 1.79 bits per heavy atom. The van der Waals surface area contributed by atoms with E-state index in [9.17, 15) is 5.11 Å². The number of anilines is 1. The molecule has 0 atom stereocenters. The van der Waals surface area contributed by atoms with E-state index in [4.69, 9.17) is 4.52 Å². The molecule has 3 heterocycles. The first-order valence-electron chi connectivity index (χ1n) is 8.08. The van der Waals surface area contributed by atoms with Crippen molar-refractivity contribution in [3.63, 3.8) is 0 Å². The summed E-state index contributed by atoms with van der Waals surface area (Å²) in [5, 5.41) is 13.6. The van der Waals surface area contributed by atoms with E-state index in [1.54, 1.807) is 6.20 Å². The first-order chi connectivity index (χ1) is 11.8. The number of aliphatic hydroxyl groups is 1. The van der Waals surface area contributed by atoms with E-state index in [0.717, 1.165) is 42.9 Å². The molecule has 3 aromatic rings. The standard InChI is InChI=1S/C18H18N4O2/c23-15-8-10-22(11-9-15)16-7-6-14(12-19-16)18-20-17(21-24-18)13-4-2-1-3-5-13/h1-7,12,15,23H,8-11H2. The van der Waals surface area contributed by atoms with Crippen molar-refractivity contribution in [2.75, 3.05) is 18.0 Å². The van der Waals surface area contributed by atoms with Gasteiger partial charge in [0.05, 0.1) is 11.7 Å². The van der Waals surface area contributed by atoms with Gasteiger partial charge in [-0.2, -0.15) is 4.98 Å². The van der Waals surface area contributed by atoms with Crippen molar-refractivity contribution in [2.45, 2.75) is 18.9 Å². The fourth-order valence-electron chi connectivity index (χ4n) is 2.84. The van der Waals surface area contributed by atoms with E-state index >= 15 is 0 Å². The second-order valence-corrected chi connectivity index (χ2v) is 5.91. The van der Waals surface area contributed by atoms with Gasteiger partial charge < -0.3 is 14.5 Å². The van der Waals surface area contributed by atoms with E-state index in [1.165, 1.54) is 0 Å². The van der Waals surface area contributed by atoms with Gasteiger partial charge in [-0.3, -0.25) is 0 Å². The predicted molar refractivity (Wildman–Crippen MR) is 90.4 cm³/mol. The monoisotopic (exact) mass is 322 g/mol. The average molecular weight is 322 g/mol. The van der Waals surface area contributed by atoms with Gasteiger partial charge in [-0.1, -0.05) is 35.5 Å². The Morgan fingerprint density at radius 3 is 2.50 bits per heavy atom. The van der Waals surface area contributed by atoms with Crippen molar-refractivity contribution >= 4 is 5.82 Å².